The van der Waals surface area contributed by atoms with Crippen molar-refractivity contribution in [3.8, 4) is 0 Å². The average Bonchev–Trinajstić information content (AvgIpc) is 3.31. The normalized spacial score (nSPS) is 12.5. The highest BCUT2D eigenvalue weighted by atomic mass is 16.6. The van der Waals surface area contributed by atoms with E-state index in [2.05, 4.69) is 69.4 Å². The van der Waals surface area contributed by atoms with Gasteiger partial charge < -0.3 is 14.2 Å². The van der Waals surface area contributed by atoms with Crippen molar-refractivity contribution >= 4 is 17.9 Å². The minimum Gasteiger partial charge on any atom is -0.462 e. The smallest absolute Gasteiger partial charge is 0.310 e. The van der Waals surface area contributed by atoms with Crippen LogP contribution in [0.4, 0.5) is 0 Å². The summed E-state index contributed by atoms with van der Waals surface area (Å²) in [6.07, 6.45) is 68.1. The van der Waals surface area contributed by atoms with Crippen molar-refractivity contribution in [3.63, 3.8) is 0 Å². The second-order valence-corrected chi connectivity index (χ2v) is 18.9. The summed E-state index contributed by atoms with van der Waals surface area (Å²) in [7, 11) is 0. The predicted molar refractivity (Wildman–Crippen MR) is 284 cm³/mol. The molecule has 0 rings (SSSR count). The number of unbranched alkanes of at least 4 members (excludes halogenated alkanes) is 31. The second-order valence-electron chi connectivity index (χ2n) is 18.9. The molecule has 1 unspecified atom stereocenters. The molecule has 0 aliphatic rings. The fourth-order valence-electron chi connectivity index (χ4n) is 8.11. The molecule has 66 heavy (non-hydrogen) atoms. The van der Waals surface area contributed by atoms with Crippen molar-refractivity contribution in [2.24, 2.45) is 0 Å². The SMILES string of the molecule is CC/C=C\C/C=C\C/C=C\C/C=C\C/C=C\CC(=O)OC(COC(=O)CCCCCCCCCCCCCCCCC)COC(=O)CCCCCCCCCCCCCCCCCCCC. The van der Waals surface area contributed by atoms with Crippen LogP contribution in [0.1, 0.15) is 284 Å². The molecule has 0 aliphatic carbocycles. The van der Waals surface area contributed by atoms with Crippen molar-refractivity contribution in [2.75, 3.05) is 13.2 Å². The Morgan fingerprint density at radius 3 is 0.864 bits per heavy atom. The Balaban J connectivity index is 4.43. The van der Waals surface area contributed by atoms with Crippen LogP contribution in [0, 0.1) is 0 Å². The molecule has 0 saturated carbocycles. The Labute approximate surface area is 409 Å². The van der Waals surface area contributed by atoms with Gasteiger partial charge in [-0.05, 0) is 44.9 Å². The van der Waals surface area contributed by atoms with Gasteiger partial charge in [0.2, 0.25) is 0 Å². The van der Waals surface area contributed by atoms with Gasteiger partial charge in [0, 0.05) is 12.8 Å². The van der Waals surface area contributed by atoms with E-state index in [-0.39, 0.29) is 31.6 Å². The van der Waals surface area contributed by atoms with Crippen LogP contribution in [0.15, 0.2) is 60.8 Å². The molecule has 1 atom stereocenters. The fourth-order valence-corrected chi connectivity index (χ4v) is 8.11. The lowest BCUT2D eigenvalue weighted by molar-refractivity contribution is -0.166. The van der Waals surface area contributed by atoms with E-state index in [9.17, 15) is 14.4 Å². The highest BCUT2D eigenvalue weighted by Gasteiger charge is 2.19. The number of carbonyl (C=O) groups is 3. The summed E-state index contributed by atoms with van der Waals surface area (Å²) in [5.41, 5.74) is 0. The zero-order valence-electron chi connectivity index (χ0n) is 43.7. The van der Waals surface area contributed by atoms with Gasteiger partial charge in [-0.2, -0.15) is 0 Å². The predicted octanol–water partition coefficient (Wildman–Crippen LogP) is 18.8. The first kappa shape index (κ1) is 63.1. The standard InChI is InChI=1S/C60H106O6/c1-4-7-10-13-16-19-22-25-28-29-30-33-35-38-41-44-47-50-53-59(62)65-56-57(66-60(63)54-51-48-45-42-39-36-32-27-24-21-18-15-12-9-6-3)55-64-58(61)52-49-46-43-40-37-34-31-26-23-20-17-14-11-8-5-2/h9,12,18,21,27,32,39,42,48,51,57H,4-8,10-11,13-17,19-20,22-26,28-31,33-38,40-41,43-47,49-50,52-56H2,1-3H3/b12-9-,21-18-,32-27-,42-39-,51-48-. The quantitative estimate of drug-likeness (QED) is 0.0262. The van der Waals surface area contributed by atoms with Crippen molar-refractivity contribution in [1.82, 2.24) is 0 Å². The van der Waals surface area contributed by atoms with Crippen LogP contribution in [-0.2, 0) is 28.6 Å². The second kappa shape index (κ2) is 54.7. The zero-order valence-corrected chi connectivity index (χ0v) is 43.7. The Morgan fingerprint density at radius 2 is 0.576 bits per heavy atom. The van der Waals surface area contributed by atoms with E-state index in [0.717, 1.165) is 70.6 Å². The van der Waals surface area contributed by atoms with Gasteiger partial charge in [0.25, 0.3) is 0 Å². The van der Waals surface area contributed by atoms with E-state index in [0.29, 0.717) is 12.8 Å². The molecule has 0 aliphatic heterocycles. The van der Waals surface area contributed by atoms with Gasteiger partial charge in [0.05, 0.1) is 6.42 Å². The third kappa shape index (κ3) is 52.1. The number of hydrogen-bond donors (Lipinski definition) is 0. The molecule has 0 aromatic heterocycles. The van der Waals surface area contributed by atoms with E-state index in [1.807, 2.05) is 6.08 Å². The summed E-state index contributed by atoms with van der Waals surface area (Å²) in [5.74, 6) is -1.03. The van der Waals surface area contributed by atoms with Crippen molar-refractivity contribution < 1.29 is 28.6 Å². The lowest BCUT2D eigenvalue weighted by atomic mass is 10.0. The lowest BCUT2D eigenvalue weighted by Gasteiger charge is -2.18. The van der Waals surface area contributed by atoms with Gasteiger partial charge in [0.15, 0.2) is 6.10 Å². The maximum Gasteiger partial charge on any atom is 0.310 e. The Morgan fingerprint density at radius 1 is 0.318 bits per heavy atom. The Bertz CT molecular complexity index is 1200. The van der Waals surface area contributed by atoms with Gasteiger partial charge in [-0.3, -0.25) is 14.4 Å². The number of rotatable bonds is 51. The monoisotopic (exact) mass is 923 g/mol. The van der Waals surface area contributed by atoms with E-state index in [1.54, 1.807) is 6.08 Å². The molecule has 6 heteroatoms. The first-order valence-corrected chi connectivity index (χ1v) is 28.3. The third-order valence-corrected chi connectivity index (χ3v) is 12.3. The van der Waals surface area contributed by atoms with E-state index in [1.165, 1.54) is 173 Å². The molecule has 6 nitrogen and oxygen atoms in total. The van der Waals surface area contributed by atoms with Gasteiger partial charge in [-0.15, -0.1) is 0 Å². The molecule has 0 saturated heterocycles. The van der Waals surface area contributed by atoms with Crippen LogP contribution in [0.2, 0.25) is 0 Å². The summed E-state index contributed by atoms with van der Waals surface area (Å²) in [5, 5.41) is 0. The number of ether oxygens (including phenoxy) is 3. The maximum absolute atomic E-state index is 12.8. The summed E-state index contributed by atoms with van der Waals surface area (Å²) in [6.45, 7) is 6.48. The topological polar surface area (TPSA) is 78.9 Å². The van der Waals surface area contributed by atoms with Crippen LogP contribution in [0.25, 0.3) is 0 Å². The highest BCUT2D eigenvalue weighted by molar-refractivity contribution is 5.72. The van der Waals surface area contributed by atoms with Crippen molar-refractivity contribution in [1.29, 1.82) is 0 Å². The molecule has 0 heterocycles. The van der Waals surface area contributed by atoms with E-state index in [4.69, 9.17) is 14.2 Å². The number of allylic oxidation sites excluding steroid dienone is 9. The summed E-state index contributed by atoms with van der Waals surface area (Å²) in [4.78, 5) is 38.0. The molecule has 0 amide bonds. The largest absolute Gasteiger partial charge is 0.462 e. The lowest BCUT2D eigenvalue weighted by Crippen LogP contribution is -2.30. The minimum atomic E-state index is -0.825. The molecule has 0 aromatic rings. The number of hydrogen-bond acceptors (Lipinski definition) is 6. The van der Waals surface area contributed by atoms with Gasteiger partial charge >= 0.3 is 17.9 Å². The summed E-state index contributed by atoms with van der Waals surface area (Å²) in [6, 6.07) is 0. The molecule has 0 radical (unpaired) electrons. The Kier molecular flexibility index (Phi) is 52.3. The maximum atomic E-state index is 12.8. The zero-order chi connectivity index (χ0) is 47.9. The fraction of sp³-hybridized carbons (Fsp3) is 0.783. The highest BCUT2D eigenvalue weighted by Crippen LogP contribution is 2.16. The van der Waals surface area contributed by atoms with Crippen LogP contribution in [0.5, 0.6) is 0 Å². The summed E-state index contributed by atoms with van der Waals surface area (Å²) >= 11 is 0. The van der Waals surface area contributed by atoms with Gasteiger partial charge in [0.1, 0.15) is 13.2 Å². The van der Waals surface area contributed by atoms with Crippen LogP contribution in [0.3, 0.4) is 0 Å². The first-order valence-electron chi connectivity index (χ1n) is 28.3. The molecule has 0 spiro atoms. The van der Waals surface area contributed by atoms with Crippen LogP contribution >= 0.6 is 0 Å². The van der Waals surface area contributed by atoms with Crippen LogP contribution < -0.4 is 0 Å². The molecular formula is C60H106O6. The molecule has 0 aromatic carbocycles. The molecule has 0 N–H and O–H groups in total. The first-order chi connectivity index (χ1) is 32.5. The number of carbonyl (C=O) groups excluding carboxylic acids is 3. The van der Waals surface area contributed by atoms with E-state index < -0.39 is 12.1 Å². The van der Waals surface area contributed by atoms with Crippen molar-refractivity contribution in [3.05, 3.63) is 60.8 Å². The molecule has 382 valence electrons. The summed E-state index contributed by atoms with van der Waals surface area (Å²) < 4.78 is 16.7. The Hall–Kier alpha value is -2.89. The third-order valence-electron chi connectivity index (χ3n) is 12.3. The molecule has 0 bridgehead atoms. The van der Waals surface area contributed by atoms with Crippen LogP contribution in [-0.4, -0.2) is 37.2 Å². The minimum absolute atomic E-state index is 0.102. The van der Waals surface area contributed by atoms with Crippen molar-refractivity contribution in [2.45, 2.75) is 290 Å². The van der Waals surface area contributed by atoms with Gasteiger partial charge in [-0.25, -0.2) is 0 Å². The molecule has 0 fully saturated rings. The van der Waals surface area contributed by atoms with Gasteiger partial charge in [-0.1, -0.05) is 281 Å². The van der Waals surface area contributed by atoms with E-state index >= 15 is 0 Å². The number of esters is 3. The average molecular weight is 924 g/mol. The molecular weight excluding hydrogens is 817 g/mol.